The van der Waals surface area contributed by atoms with E-state index in [1.54, 1.807) is 48.5 Å². The van der Waals surface area contributed by atoms with E-state index in [0.717, 1.165) is 16.7 Å². The van der Waals surface area contributed by atoms with Gasteiger partial charge in [0, 0.05) is 11.3 Å². The summed E-state index contributed by atoms with van der Waals surface area (Å²) in [6.45, 7) is 7.45. The van der Waals surface area contributed by atoms with Crippen LogP contribution in [0.5, 0.6) is 0 Å². The molecule has 112 valence electrons. The lowest BCUT2D eigenvalue weighted by atomic mass is 10.2. The molecule has 0 atom stereocenters. The minimum absolute atomic E-state index is 0.240. The van der Waals surface area contributed by atoms with Crippen LogP contribution in [0.15, 0.2) is 65.6 Å². The standard InChI is InChI=1S/C18H17NO2S/c1-14(2)4-7-16-8-10-17(11-9-16)19-22(20,21)18-12-5-15(3)6-13-18/h5-6,8-13,19H,1H2,2-3H3. The molecule has 2 aromatic rings. The Hall–Kier alpha value is -2.51. The van der Waals surface area contributed by atoms with Crippen molar-refractivity contribution in [1.82, 2.24) is 0 Å². The summed E-state index contributed by atoms with van der Waals surface area (Å²) in [7, 11) is -3.57. The van der Waals surface area contributed by atoms with Crippen molar-refractivity contribution in [3.05, 3.63) is 71.8 Å². The SMILES string of the molecule is C=C(C)C#Cc1ccc(NS(=O)(=O)c2ccc(C)cc2)cc1. The number of hydrogen-bond acceptors (Lipinski definition) is 2. The summed E-state index contributed by atoms with van der Waals surface area (Å²) in [5.41, 5.74) is 3.10. The molecule has 0 radical (unpaired) electrons. The molecule has 3 nitrogen and oxygen atoms in total. The minimum atomic E-state index is -3.57. The second kappa shape index (κ2) is 6.50. The number of benzene rings is 2. The van der Waals surface area contributed by atoms with Crippen molar-refractivity contribution >= 4 is 15.7 Å². The summed E-state index contributed by atoms with van der Waals surface area (Å²) >= 11 is 0. The van der Waals surface area contributed by atoms with E-state index in [9.17, 15) is 8.42 Å². The number of hydrogen-bond donors (Lipinski definition) is 1. The first-order valence-electron chi connectivity index (χ1n) is 6.74. The van der Waals surface area contributed by atoms with Crippen molar-refractivity contribution in [2.24, 2.45) is 0 Å². The van der Waals surface area contributed by atoms with Gasteiger partial charge in [0.2, 0.25) is 0 Å². The van der Waals surface area contributed by atoms with Gasteiger partial charge in [-0.2, -0.15) is 0 Å². The summed E-state index contributed by atoms with van der Waals surface area (Å²) < 4.78 is 27.1. The zero-order valence-electron chi connectivity index (χ0n) is 12.6. The van der Waals surface area contributed by atoms with Crippen molar-refractivity contribution in [3.8, 4) is 11.8 Å². The fourth-order valence-corrected chi connectivity index (χ4v) is 2.79. The van der Waals surface area contributed by atoms with Gasteiger partial charge >= 0.3 is 0 Å². The normalized spacial score (nSPS) is 10.5. The highest BCUT2D eigenvalue weighted by atomic mass is 32.2. The third-order valence-corrected chi connectivity index (χ3v) is 4.29. The minimum Gasteiger partial charge on any atom is -0.280 e. The lowest BCUT2D eigenvalue weighted by Crippen LogP contribution is -2.12. The van der Waals surface area contributed by atoms with E-state index in [-0.39, 0.29) is 4.90 Å². The average molecular weight is 311 g/mol. The fourth-order valence-electron chi connectivity index (χ4n) is 1.73. The van der Waals surface area contributed by atoms with E-state index in [0.29, 0.717) is 5.69 Å². The van der Waals surface area contributed by atoms with Crippen molar-refractivity contribution in [3.63, 3.8) is 0 Å². The van der Waals surface area contributed by atoms with Gasteiger partial charge < -0.3 is 0 Å². The topological polar surface area (TPSA) is 46.2 Å². The molecule has 0 saturated carbocycles. The Kier molecular flexibility index (Phi) is 4.69. The maximum atomic E-state index is 12.3. The first kappa shape index (κ1) is 15.9. The average Bonchev–Trinajstić information content (AvgIpc) is 2.46. The highest BCUT2D eigenvalue weighted by Crippen LogP contribution is 2.17. The second-order valence-electron chi connectivity index (χ2n) is 5.03. The molecule has 0 fully saturated rings. The van der Waals surface area contributed by atoms with E-state index >= 15 is 0 Å². The first-order chi connectivity index (χ1) is 10.4. The van der Waals surface area contributed by atoms with E-state index in [1.165, 1.54) is 0 Å². The summed E-state index contributed by atoms with van der Waals surface area (Å²) in [5.74, 6) is 5.82. The fraction of sp³-hybridized carbons (Fsp3) is 0.111. The Bertz CT molecular complexity index is 837. The summed E-state index contributed by atoms with van der Waals surface area (Å²) in [6.07, 6.45) is 0. The molecule has 0 aliphatic carbocycles. The Labute approximate surface area is 131 Å². The van der Waals surface area contributed by atoms with Crippen LogP contribution in [0.25, 0.3) is 0 Å². The Morgan fingerprint density at radius 3 is 2.18 bits per heavy atom. The largest absolute Gasteiger partial charge is 0.280 e. The van der Waals surface area contributed by atoms with Crippen molar-refractivity contribution < 1.29 is 8.42 Å². The van der Waals surface area contributed by atoms with Crippen LogP contribution in [0.1, 0.15) is 18.1 Å². The molecule has 22 heavy (non-hydrogen) atoms. The molecule has 0 bridgehead atoms. The van der Waals surface area contributed by atoms with Crippen molar-refractivity contribution in [1.29, 1.82) is 0 Å². The molecule has 0 aliphatic heterocycles. The van der Waals surface area contributed by atoms with Crippen LogP contribution in [0, 0.1) is 18.8 Å². The van der Waals surface area contributed by atoms with E-state index < -0.39 is 10.0 Å². The number of rotatable bonds is 3. The van der Waals surface area contributed by atoms with Crippen LogP contribution < -0.4 is 4.72 Å². The monoisotopic (exact) mass is 311 g/mol. The van der Waals surface area contributed by atoms with Gasteiger partial charge in [-0.3, -0.25) is 4.72 Å². The molecule has 2 rings (SSSR count). The molecule has 0 spiro atoms. The number of nitrogens with one attached hydrogen (secondary N) is 1. The zero-order chi connectivity index (χ0) is 16.2. The van der Waals surface area contributed by atoms with Gasteiger partial charge in [-0.25, -0.2) is 8.42 Å². The van der Waals surface area contributed by atoms with Gasteiger partial charge in [-0.05, 0) is 55.8 Å². The molecule has 1 N–H and O–H groups in total. The molecule has 4 heteroatoms. The van der Waals surface area contributed by atoms with Gasteiger partial charge in [0.15, 0.2) is 0 Å². The number of sulfonamides is 1. The predicted molar refractivity (Wildman–Crippen MR) is 90.1 cm³/mol. The lowest BCUT2D eigenvalue weighted by Gasteiger charge is -2.08. The van der Waals surface area contributed by atoms with E-state index in [1.807, 2.05) is 13.8 Å². The summed E-state index contributed by atoms with van der Waals surface area (Å²) in [5, 5.41) is 0. The molecule has 0 heterocycles. The van der Waals surface area contributed by atoms with Gasteiger partial charge in [-0.15, -0.1) is 0 Å². The van der Waals surface area contributed by atoms with Gasteiger partial charge in [0.1, 0.15) is 0 Å². The van der Waals surface area contributed by atoms with E-state index in [2.05, 4.69) is 23.1 Å². The molecular formula is C18H17NO2S. The van der Waals surface area contributed by atoms with Crippen LogP contribution in [0.3, 0.4) is 0 Å². The van der Waals surface area contributed by atoms with E-state index in [4.69, 9.17) is 0 Å². The van der Waals surface area contributed by atoms with Crippen LogP contribution in [0.2, 0.25) is 0 Å². The van der Waals surface area contributed by atoms with Crippen LogP contribution in [-0.2, 0) is 10.0 Å². The second-order valence-corrected chi connectivity index (χ2v) is 6.71. The predicted octanol–water partition coefficient (Wildman–Crippen LogP) is 3.72. The van der Waals surface area contributed by atoms with Crippen LogP contribution in [0.4, 0.5) is 5.69 Å². The number of anilines is 1. The molecular weight excluding hydrogens is 294 g/mol. The maximum Gasteiger partial charge on any atom is 0.261 e. The third-order valence-electron chi connectivity index (χ3n) is 2.89. The first-order valence-corrected chi connectivity index (χ1v) is 8.22. The highest BCUT2D eigenvalue weighted by Gasteiger charge is 2.13. The molecule has 0 unspecified atom stereocenters. The quantitative estimate of drug-likeness (QED) is 0.878. The van der Waals surface area contributed by atoms with Gasteiger partial charge in [0.05, 0.1) is 4.90 Å². The Morgan fingerprint density at radius 1 is 1.05 bits per heavy atom. The smallest absolute Gasteiger partial charge is 0.261 e. The lowest BCUT2D eigenvalue weighted by molar-refractivity contribution is 0.601. The third kappa shape index (κ3) is 4.24. The molecule has 2 aromatic carbocycles. The molecule has 0 amide bonds. The number of allylic oxidation sites excluding steroid dienone is 1. The zero-order valence-corrected chi connectivity index (χ0v) is 13.4. The van der Waals surface area contributed by atoms with Crippen LogP contribution in [-0.4, -0.2) is 8.42 Å². The Morgan fingerprint density at radius 2 is 1.64 bits per heavy atom. The molecule has 0 aliphatic rings. The van der Waals surface area contributed by atoms with Crippen molar-refractivity contribution in [2.45, 2.75) is 18.7 Å². The van der Waals surface area contributed by atoms with Gasteiger partial charge in [0.25, 0.3) is 10.0 Å². The summed E-state index contributed by atoms with van der Waals surface area (Å²) in [4.78, 5) is 0.240. The molecule has 0 saturated heterocycles. The summed E-state index contributed by atoms with van der Waals surface area (Å²) in [6, 6.07) is 13.6. The van der Waals surface area contributed by atoms with Gasteiger partial charge in [-0.1, -0.05) is 36.1 Å². The maximum absolute atomic E-state index is 12.3. The van der Waals surface area contributed by atoms with Crippen LogP contribution >= 0.6 is 0 Å². The molecule has 0 aromatic heterocycles. The highest BCUT2D eigenvalue weighted by molar-refractivity contribution is 7.92. The Balaban J connectivity index is 2.18. The van der Waals surface area contributed by atoms with Crippen molar-refractivity contribution in [2.75, 3.05) is 4.72 Å². The number of aryl methyl sites for hydroxylation is 1.